The molecule has 0 aromatic heterocycles. The monoisotopic (exact) mass is 386 g/mol. The topological polar surface area (TPSA) is 60.4 Å². The number of carbonyl (C=O) groups excluding carboxylic acids is 1. The summed E-state index contributed by atoms with van der Waals surface area (Å²) in [6, 6.07) is 5.31. The van der Waals surface area contributed by atoms with E-state index in [9.17, 15) is 4.79 Å². The van der Waals surface area contributed by atoms with Gasteiger partial charge in [-0.15, -0.1) is 0 Å². The molecule has 6 nitrogen and oxygen atoms in total. The lowest BCUT2D eigenvalue weighted by Gasteiger charge is -2.33. The minimum absolute atomic E-state index is 0.307. The molecule has 0 spiro atoms. The van der Waals surface area contributed by atoms with Gasteiger partial charge in [-0.25, -0.2) is 9.79 Å². The van der Waals surface area contributed by atoms with Gasteiger partial charge in [-0.3, -0.25) is 0 Å². The second-order valence-electron chi connectivity index (χ2n) is 5.84. The molecule has 2 aliphatic heterocycles. The van der Waals surface area contributed by atoms with Gasteiger partial charge in [0.25, 0.3) is 0 Å². The minimum atomic E-state index is -0.362. The number of ether oxygens (including phenoxy) is 3. The van der Waals surface area contributed by atoms with Gasteiger partial charge in [0, 0.05) is 6.20 Å². The third kappa shape index (κ3) is 3.73. The molecule has 1 aromatic rings. The first-order chi connectivity index (χ1) is 13.1. The summed E-state index contributed by atoms with van der Waals surface area (Å²) in [6.45, 7) is 7.98. The van der Waals surface area contributed by atoms with Crippen LogP contribution in [0.4, 0.5) is 0 Å². The summed E-state index contributed by atoms with van der Waals surface area (Å²) in [5.74, 6) is 0.852. The van der Waals surface area contributed by atoms with E-state index >= 15 is 0 Å². The molecule has 0 radical (unpaired) electrons. The van der Waals surface area contributed by atoms with Crippen molar-refractivity contribution in [2.75, 3.05) is 20.3 Å². The summed E-state index contributed by atoms with van der Waals surface area (Å²) in [7, 11) is 1.59. The van der Waals surface area contributed by atoms with Gasteiger partial charge in [-0.2, -0.15) is 0 Å². The highest BCUT2D eigenvalue weighted by molar-refractivity contribution is 8.16. The molecule has 27 heavy (non-hydrogen) atoms. The fourth-order valence-corrected chi connectivity index (χ4v) is 3.81. The fraction of sp³-hybridized carbons (Fsp3) is 0.300. The molecule has 0 amide bonds. The highest BCUT2D eigenvalue weighted by Gasteiger charge is 2.37. The van der Waals surface area contributed by atoms with Gasteiger partial charge in [0.1, 0.15) is 6.61 Å². The van der Waals surface area contributed by atoms with Crippen molar-refractivity contribution in [2.24, 2.45) is 4.99 Å². The first-order valence-electron chi connectivity index (χ1n) is 8.60. The Bertz CT molecular complexity index is 844. The number of thioether (sulfide) groups is 1. The number of amidine groups is 1. The summed E-state index contributed by atoms with van der Waals surface area (Å²) in [4.78, 5) is 19.2. The number of aliphatic imine (C=N–C) groups is 1. The van der Waals surface area contributed by atoms with Crippen molar-refractivity contribution in [1.82, 2.24) is 4.90 Å². The van der Waals surface area contributed by atoms with Crippen LogP contribution in [0.3, 0.4) is 0 Å². The second kappa shape index (κ2) is 8.35. The SMILES string of the molecule is C=CCOc1ccc([C@H]2C(C(=O)OCC)=C(C)N=C3SC=CN32)cc1OC. The van der Waals surface area contributed by atoms with Crippen molar-refractivity contribution in [3.8, 4) is 11.5 Å². The molecule has 1 atom stereocenters. The predicted octanol–water partition coefficient (Wildman–Crippen LogP) is 4.03. The van der Waals surface area contributed by atoms with Crippen molar-refractivity contribution in [3.63, 3.8) is 0 Å². The van der Waals surface area contributed by atoms with Crippen LogP contribution >= 0.6 is 11.8 Å². The number of esters is 1. The summed E-state index contributed by atoms with van der Waals surface area (Å²) < 4.78 is 16.4. The molecule has 0 aliphatic carbocycles. The summed E-state index contributed by atoms with van der Waals surface area (Å²) in [5, 5.41) is 2.78. The maximum atomic E-state index is 12.7. The summed E-state index contributed by atoms with van der Waals surface area (Å²) in [6.07, 6.45) is 3.60. The molecule has 0 unspecified atom stereocenters. The van der Waals surface area contributed by atoms with Crippen molar-refractivity contribution in [2.45, 2.75) is 19.9 Å². The fourth-order valence-electron chi connectivity index (χ4n) is 3.02. The van der Waals surface area contributed by atoms with Crippen molar-refractivity contribution in [3.05, 3.63) is 59.3 Å². The van der Waals surface area contributed by atoms with Crippen molar-refractivity contribution < 1.29 is 19.0 Å². The number of rotatable bonds is 7. The number of nitrogens with zero attached hydrogens (tertiary/aromatic N) is 2. The van der Waals surface area contributed by atoms with Gasteiger partial charge in [0.2, 0.25) is 0 Å². The molecule has 0 saturated heterocycles. The Hall–Kier alpha value is -2.67. The average Bonchev–Trinajstić information content (AvgIpc) is 3.13. The van der Waals surface area contributed by atoms with Crippen LogP contribution in [0.25, 0.3) is 0 Å². The molecule has 7 heteroatoms. The lowest BCUT2D eigenvalue weighted by Crippen LogP contribution is -2.34. The zero-order chi connectivity index (χ0) is 19.4. The molecule has 0 N–H and O–H groups in total. The van der Waals surface area contributed by atoms with Crippen molar-refractivity contribution in [1.29, 1.82) is 0 Å². The quantitative estimate of drug-likeness (QED) is 0.521. The average molecular weight is 386 g/mol. The van der Waals surface area contributed by atoms with Crippen LogP contribution in [-0.4, -0.2) is 36.4 Å². The number of carbonyl (C=O) groups is 1. The molecule has 3 rings (SSSR count). The molecule has 142 valence electrons. The Morgan fingerprint density at radius 3 is 2.93 bits per heavy atom. The Labute approximate surface area is 163 Å². The van der Waals surface area contributed by atoms with E-state index in [1.165, 1.54) is 11.8 Å². The first-order valence-corrected chi connectivity index (χ1v) is 9.48. The van der Waals surface area contributed by atoms with Crippen LogP contribution in [0.2, 0.25) is 0 Å². The zero-order valence-corrected chi connectivity index (χ0v) is 16.4. The molecule has 2 aliphatic rings. The molecular formula is C20H22N2O4S. The molecule has 0 saturated carbocycles. The van der Waals surface area contributed by atoms with Crippen LogP contribution in [0.1, 0.15) is 25.5 Å². The standard InChI is InChI=1S/C20H22N2O4S/c1-5-10-26-15-8-7-14(12-16(15)24-4)18-17(19(23)25-6-2)13(3)21-20-22(18)9-11-27-20/h5,7-9,11-12,18H,1,6,10H2,2-4H3/t18-/m0/s1. The van der Waals surface area contributed by atoms with Gasteiger partial charge >= 0.3 is 5.97 Å². The number of hydrogen-bond donors (Lipinski definition) is 0. The molecule has 0 fully saturated rings. The highest BCUT2D eigenvalue weighted by Crippen LogP contribution is 2.43. The number of fused-ring (bicyclic) bond motifs is 1. The number of benzene rings is 1. The molecule has 0 bridgehead atoms. The zero-order valence-electron chi connectivity index (χ0n) is 15.6. The molecule has 1 aromatic carbocycles. The van der Waals surface area contributed by atoms with E-state index in [1.807, 2.05) is 41.6 Å². The summed E-state index contributed by atoms with van der Waals surface area (Å²) in [5.41, 5.74) is 2.07. The largest absolute Gasteiger partial charge is 0.493 e. The van der Waals surface area contributed by atoms with Gasteiger partial charge in [-0.1, -0.05) is 30.5 Å². The van der Waals surface area contributed by atoms with E-state index in [-0.39, 0.29) is 12.0 Å². The van der Waals surface area contributed by atoms with Crippen molar-refractivity contribution >= 4 is 22.9 Å². The van der Waals surface area contributed by atoms with Crippen LogP contribution in [0.15, 0.2) is 58.7 Å². The Morgan fingerprint density at radius 1 is 1.41 bits per heavy atom. The maximum absolute atomic E-state index is 12.7. The van der Waals surface area contributed by atoms with E-state index in [4.69, 9.17) is 14.2 Å². The molecular weight excluding hydrogens is 364 g/mol. The third-order valence-corrected chi connectivity index (χ3v) is 4.95. The molecule has 2 heterocycles. The third-order valence-electron chi connectivity index (χ3n) is 4.18. The predicted molar refractivity (Wildman–Crippen MR) is 107 cm³/mol. The lowest BCUT2D eigenvalue weighted by molar-refractivity contribution is -0.139. The normalized spacial score (nSPS) is 18.1. The van der Waals surface area contributed by atoms with E-state index in [0.29, 0.717) is 36.0 Å². The highest BCUT2D eigenvalue weighted by atomic mass is 32.2. The number of hydrogen-bond acceptors (Lipinski definition) is 7. The Kier molecular flexibility index (Phi) is 5.91. The van der Waals surface area contributed by atoms with Crippen LogP contribution in [-0.2, 0) is 9.53 Å². The Morgan fingerprint density at radius 2 is 2.22 bits per heavy atom. The number of allylic oxidation sites excluding steroid dienone is 1. The van der Waals surface area contributed by atoms with Gasteiger partial charge in [0.15, 0.2) is 16.7 Å². The van der Waals surface area contributed by atoms with Crippen LogP contribution in [0, 0.1) is 0 Å². The van der Waals surface area contributed by atoms with Crippen LogP contribution < -0.4 is 9.47 Å². The van der Waals surface area contributed by atoms with Gasteiger partial charge in [0.05, 0.1) is 31.0 Å². The number of methoxy groups -OCH3 is 1. The summed E-state index contributed by atoms with van der Waals surface area (Å²) >= 11 is 1.52. The Balaban J connectivity index is 2.06. The van der Waals surface area contributed by atoms with Gasteiger partial charge in [-0.05, 0) is 37.0 Å². The van der Waals surface area contributed by atoms with E-state index < -0.39 is 0 Å². The second-order valence-corrected chi connectivity index (χ2v) is 6.71. The maximum Gasteiger partial charge on any atom is 0.338 e. The van der Waals surface area contributed by atoms with E-state index in [2.05, 4.69) is 11.6 Å². The smallest absolute Gasteiger partial charge is 0.338 e. The first kappa shape index (κ1) is 19.1. The van der Waals surface area contributed by atoms with E-state index in [1.54, 1.807) is 20.1 Å². The lowest BCUT2D eigenvalue weighted by atomic mass is 9.94. The minimum Gasteiger partial charge on any atom is -0.493 e. The van der Waals surface area contributed by atoms with E-state index in [0.717, 1.165) is 10.7 Å². The van der Waals surface area contributed by atoms with Crippen LogP contribution in [0.5, 0.6) is 11.5 Å². The van der Waals surface area contributed by atoms with Gasteiger partial charge < -0.3 is 19.1 Å².